The quantitative estimate of drug-likeness (QED) is 0.0576. The van der Waals surface area contributed by atoms with E-state index >= 15 is 4.79 Å². The predicted octanol–water partition coefficient (Wildman–Crippen LogP) is 7.64. The fourth-order valence-corrected chi connectivity index (χ4v) is 11.6. The van der Waals surface area contributed by atoms with Crippen LogP contribution in [0.5, 0.6) is 34.5 Å². The van der Waals surface area contributed by atoms with Crippen molar-refractivity contribution in [2.75, 3.05) is 33.1 Å². The topological polar surface area (TPSA) is 210 Å². The van der Waals surface area contributed by atoms with E-state index in [9.17, 15) is 30.6 Å². The normalized spacial score (nSPS) is 24.2. The second-order valence-electron chi connectivity index (χ2n) is 18.1. The first-order valence-electron chi connectivity index (χ1n) is 22.2. The number of aliphatic hydroxyl groups is 2. The molecule has 2 aromatic heterocycles. The highest BCUT2D eigenvalue weighted by Crippen LogP contribution is 2.57. The maximum atomic E-state index is 16.1. The number of anilines is 2. The van der Waals surface area contributed by atoms with E-state index in [-0.39, 0.29) is 35.9 Å². The molecule has 1 saturated carbocycles. The molecule has 0 radical (unpaired) electrons. The second-order valence-corrected chi connectivity index (χ2v) is 18.1. The minimum absolute atomic E-state index is 0.00770. The van der Waals surface area contributed by atoms with E-state index in [0.717, 1.165) is 44.4 Å². The molecule has 13 heteroatoms. The molecule has 0 saturated heterocycles. The Balaban J connectivity index is 1.29. The summed E-state index contributed by atoms with van der Waals surface area (Å²) in [4.78, 5) is 24.3. The number of phenols is 4. The molecule has 7 unspecified atom stereocenters. The van der Waals surface area contributed by atoms with Crippen molar-refractivity contribution >= 4 is 34.1 Å². The first kappa shape index (κ1) is 43.7. The number of fused-ring (bicyclic) bond motifs is 3. The SMILES string of the molecule is CNCC12C=Cc3cc(O)cc4ccc(c1c34)Nc1cc(ccn1)C1(CCC(O)C1Cc1ccc[nH]1)C(C(O)CCc1ccc(O)c(OC)c1)C(=O)CC(c1cc(O)c(O)c(OC)c1)C2. The van der Waals surface area contributed by atoms with Gasteiger partial charge in [-0.05, 0) is 157 Å². The average molecular weight is 881 g/mol. The molecule has 3 heterocycles. The number of aromatic nitrogens is 2. The predicted molar refractivity (Wildman–Crippen MR) is 248 cm³/mol. The highest BCUT2D eigenvalue weighted by molar-refractivity contribution is 6.01. The minimum Gasteiger partial charge on any atom is -0.508 e. The van der Waals surface area contributed by atoms with E-state index in [4.69, 9.17) is 14.5 Å². The number of Topliss-reactive ketones (excluding diaryl/α,β-unsaturated/α-hetero) is 1. The molecule has 7 atom stereocenters. The zero-order valence-electron chi connectivity index (χ0n) is 36.7. The van der Waals surface area contributed by atoms with E-state index in [1.54, 1.807) is 42.6 Å². The van der Waals surface area contributed by atoms with Crippen LogP contribution >= 0.6 is 0 Å². The third kappa shape index (κ3) is 7.81. The molecule has 1 fully saturated rings. The van der Waals surface area contributed by atoms with Crippen molar-refractivity contribution in [3.63, 3.8) is 0 Å². The third-order valence-corrected chi connectivity index (χ3v) is 14.4. The summed E-state index contributed by atoms with van der Waals surface area (Å²) in [6, 6.07) is 23.4. The van der Waals surface area contributed by atoms with Gasteiger partial charge in [-0.2, -0.15) is 0 Å². The number of ether oxygens (including phenoxy) is 2. The third-order valence-electron chi connectivity index (χ3n) is 14.4. The molecule has 2 bridgehead atoms. The van der Waals surface area contributed by atoms with Crippen molar-refractivity contribution in [2.45, 2.75) is 73.9 Å². The number of ketones is 1. The van der Waals surface area contributed by atoms with Gasteiger partial charge >= 0.3 is 0 Å². The average Bonchev–Trinajstić information content (AvgIpc) is 3.93. The molecule has 2 aliphatic carbocycles. The molecular weight excluding hydrogens is 825 g/mol. The van der Waals surface area contributed by atoms with Gasteiger partial charge in [-0.1, -0.05) is 24.3 Å². The number of nitrogens with one attached hydrogen (secondary N) is 3. The number of H-pyrrole nitrogens is 1. The maximum Gasteiger partial charge on any atom is 0.200 e. The standard InChI is InChI=1S/C52H56N4O9/c1-53-28-51-15-12-31-21-36(57)20-30-8-9-38(48(51)47(30)31)56-46-25-34(14-18-55-46)52(16-13-39(58)37(52)26-35-5-4-17-54-35)49(41(60)11-7-29-6-10-40(59)44(19-29)64-2)42(61)23-33(27-51)32-22-43(62)50(63)45(24-32)65-3/h4-6,8-10,12,14-15,17-22,24-25,33,37,39,41,49,53-54,57-60,62-63H,7,11,13,16,23,26-28H2,1-3H3,(H,55,56). The Bertz CT molecular complexity index is 2770. The molecule has 1 aliphatic heterocycles. The van der Waals surface area contributed by atoms with Crippen LogP contribution in [0.3, 0.4) is 0 Å². The number of phenolic OH excluding ortho intramolecular Hbond substituents is 4. The number of hydrogen-bond donors (Lipinski definition) is 9. The smallest absolute Gasteiger partial charge is 0.200 e. The number of carbonyl (C=O) groups is 1. The molecule has 1 spiro atoms. The van der Waals surface area contributed by atoms with Crippen LogP contribution < -0.4 is 20.1 Å². The van der Waals surface area contributed by atoms with Crippen molar-refractivity contribution in [2.24, 2.45) is 11.8 Å². The van der Waals surface area contributed by atoms with Crippen molar-refractivity contribution in [1.29, 1.82) is 0 Å². The van der Waals surface area contributed by atoms with Crippen molar-refractivity contribution in [3.05, 3.63) is 131 Å². The molecule has 3 aliphatic rings. The Labute approximate surface area is 377 Å². The van der Waals surface area contributed by atoms with Crippen LogP contribution in [-0.4, -0.2) is 86.4 Å². The number of rotatable bonds is 11. The summed E-state index contributed by atoms with van der Waals surface area (Å²) in [7, 11) is 4.76. The summed E-state index contributed by atoms with van der Waals surface area (Å²) in [5, 5.41) is 77.2. The van der Waals surface area contributed by atoms with Gasteiger partial charge in [0.2, 0.25) is 5.75 Å². The number of pyridine rings is 1. The van der Waals surface area contributed by atoms with Gasteiger partial charge in [0.1, 0.15) is 17.4 Å². The molecule has 4 aromatic carbocycles. The van der Waals surface area contributed by atoms with Gasteiger partial charge in [0.05, 0.1) is 32.3 Å². The summed E-state index contributed by atoms with van der Waals surface area (Å²) in [5.41, 5.74) is 3.60. The van der Waals surface area contributed by atoms with Gasteiger partial charge in [-0.3, -0.25) is 4.79 Å². The van der Waals surface area contributed by atoms with Crippen LogP contribution in [0.15, 0.2) is 97.3 Å². The summed E-state index contributed by atoms with van der Waals surface area (Å²) in [5.74, 6) is -2.25. The number of nitrogens with zero attached hydrogens (tertiary/aromatic N) is 1. The summed E-state index contributed by atoms with van der Waals surface area (Å²) in [6.45, 7) is 0.424. The van der Waals surface area contributed by atoms with Gasteiger partial charge in [0, 0.05) is 53.5 Å². The monoisotopic (exact) mass is 880 g/mol. The van der Waals surface area contributed by atoms with Crippen LogP contribution in [0.25, 0.3) is 16.8 Å². The lowest BCUT2D eigenvalue weighted by molar-refractivity contribution is -0.132. The van der Waals surface area contributed by atoms with E-state index in [1.807, 2.05) is 55.7 Å². The number of benzene rings is 4. The highest BCUT2D eigenvalue weighted by Gasteiger charge is 2.58. The Morgan fingerprint density at radius 3 is 2.55 bits per heavy atom. The fourth-order valence-electron chi connectivity index (χ4n) is 11.6. The summed E-state index contributed by atoms with van der Waals surface area (Å²) >= 11 is 0. The number of carbonyl (C=O) groups excluding carboxylic acids is 1. The minimum atomic E-state index is -1.21. The molecule has 338 valence electrons. The number of aromatic amines is 1. The second kappa shape index (κ2) is 17.4. The number of aryl methyl sites for hydroxylation is 1. The lowest BCUT2D eigenvalue weighted by Crippen LogP contribution is -2.51. The molecule has 13 nitrogen and oxygen atoms in total. The van der Waals surface area contributed by atoms with Gasteiger partial charge in [0.25, 0.3) is 0 Å². The van der Waals surface area contributed by atoms with Crippen molar-refractivity contribution < 1.29 is 44.9 Å². The summed E-state index contributed by atoms with van der Waals surface area (Å²) in [6.07, 6.45) is 7.58. The van der Waals surface area contributed by atoms with Gasteiger partial charge in [0.15, 0.2) is 23.0 Å². The van der Waals surface area contributed by atoms with Gasteiger partial charge in [-0.15, -0.1) is 0 Å². The van der Waals surface area contributed by atoms with Crippen LogP contribution in [0.1, 0.15) is 71.5 Å². The first-order valence-corrected chi connectivity index (χ1v) is 22.2. The number of hydrogen-bond acceptors (Lipinski definition) is 12. The number of aliphatic hydroxyl groups excluding tert-OH is 2. The Hall–Kier alpha value is -6.54. The molecule has 9 rings (SSSR count). The number of methoxy groups -OCH3 is 2. The van der Waals surface area contributed by atoms with Gasteiger partial charge in [-0.25, -0.2) is 4.98 Å². The largest absolute Gasteiger partial charge is 0.508 e. The highest BCUT2D eigenvalue weighted by atomic mass is 16.5. The lowest BCUT2D eigenvalue weighted by atomic mass is 9.58. The van der Waals surface area contributed by atoms with E-state index in [1.165, 1.54) is 20.3 Å². The lowest BCUT2D eigenvalue weighted by Gasteiger charge is -2.45. The van der Waals surface area contributed by atoms with Crippen LogP contribution in [0.2, 0.25) is 0 Å². The molecule has 65 heavy (non-hydrogen) atoms. The van der Waals surface area contributed by atoms with E-state index in [0.29, 0.717) is 55.8 Å². The van der Waals surface area contributed by atoms with Crippen molar-refractivity contribution in [3.8, 4) is 34.5 Å². The number of aromatic hydroxyl groups is 4. The molecule has 6 aromatic rings. The fraction of sp³-hybridized carbons (Fsp3) is 0.346. The Morgan fingerprint density at radius 1 is 0.954 bits per heavy atom. The maximum absolute atomic E-state index is 16.1. The summed E-state index contributed by atoms with van der Waals surface area (Å²) < 4.78 is 11.0. The van der Waals surface area contributed by atoms with Crippen LogP contribution in [-0.2, 0) is 28.5 Å². The zero-order chi connectivity index (χ0) is 45.6. The van der Waals surface area contributed by atoms with Crippen molar-refractivity contribution in [1.82, 2.24) is 15.3 Å². The molecular formula is C52H56N4O9. The van der Waals surface area contributed by atoms with Gasteiger partial charge < -0.3 is 55.7 Å². The van der Waals surface area contributed by atoms with E-state index in [2.05, 4.69) is 21.7 Å². The van der Waals surface area contributed by atoms with Crippen LogP contribution in [0.4, 0.5) is 11.5 Å². The van der Waals surface area contributed by atoms with Crippen LogP contribution in [0, 0.1) is 11.8 Å². The zero-order valence-corrected chi connectivity index (χ0v) is 36.7. The Morgan fingerprint density at radius 2 is 1.78 bits per heavy atom. The van der Waals surface area contributed by atoms with E-state index < -0.39 is 52.3 Å². The molecule has 9 N–H and O–H groups in total. The molecule has 0 amide bonds. The first-order chi connectivity index (χ1) is 31.4. The Kier molecular flexibility index (Phi) is 11.7. The number of likely N-dealkylation sites (N-methyl/N-ethyl adjacent to an activating group) is 1.